The van der Waals surface area contributed by atoms with Crippen molar-refractivity contribution in [1.29, 1.82) is 0 Å². The Balaban J connectivity index is 1.93. The van der Waals surface area contributed by atoms with Gasteiger partial charge in [0.15, 0.2) is 0 Å². The van der Waals surface area contributed by atoms with Gasteiger partial charge in [-0.3, -0.25) is 14.4 Å². The number of methoxy groups -OCH3 is 2. The molecule has 166 valence electrons. The first-order valence-electron chi connectivity index (χ1n) is 10.4. The van der Waals surface area contributed by atoms with Crippen molar-refractivity contribution in [1.82, 2.24) is 15.5 Å². The van der Waals surface area contributed by atoms with Gasteiger partial charge < -0.3 is 25.0 Å². The van der Waals surface area contributed by atoms with Crippen molar-refractivity contribution in [3.63, 3.8) is 0 Å². The van der Waals surface area contributed by atoms with E-state index >= 15 is 0 Å². The van der Waals surface area contributed by atoms with E-state index in [4.69, 9.17) is 9.47 Å². The number of amides is 3. The number of nitrogens with zero attached hydrogens (tertiary/aromatic N) is 1. The van der Waals surface area contributed by atoms with Crippen LogP contribution in [0.4, 0.5) is 0 Å². The van der Waals surface area contributed by atoms with Gasteiger partial charge in [-0.05, 0) is 30.5 Å². The molecule has 3 amide bonds. The highest BCUT2D eigenvalue weighted by Gasteiger charge is 2.27. The van der Waals surface area contributed by atoms with Crippen molar-refractivity contribution in [2.75, 3.05) is 41.0 Å². The number of likely N-dealkylation sites (N-methyl/N-ethyl adjacent to an activating group) is 1. The second kappa shape index (κ2) is 12.2. The summed E-state index contributed by atoms with van der Waals surface area (Å²) in [7, 11) is 4.89. The molecule has 1 aliphatic rings. The van der Waals surface area contributed by atoms with Gasteiger partial charge >= 0.3 is 0 Å². The van der Waals surface area contributed by atoms with E-state index in [2.05, 4.69) is 10.6 Å². The van der Waals surface area contributed by atoms with Gasteiger partial charge in [0.05, 0.1) is 20.1 Å². The molecule has 0 saturated carbocycles. The van der Waals surface area contributed by atoms with Crippen LogP contribution in [0.5, 0.6) is 5.75 Å². The fourth-order valence-corrected chi connectivity index (χ4v) is 3.61. The number of hydrogen-bond acceptors (Lipinski definition) is 5. The second-order valence-electron chi connectivity index (χ2n) is 7.68. The first-order valence-corrected chi connectivity index (χ1v) is 10.4. The lowest BCUT2D eigenvalue weighted by Gasteiger charge is -2.24. The molecule has 1 heterocycles. The third-order valence-corrected chi connectivity index (χ3v) is 5.29. The molecule has 0 bridgehead atoms. The van der Waals surface area contributed by atoms with Crippen LogP contribution in [0.3, 0.4) is 0 Å². The molecule has 2 unspecified atom stereocenters. The monoisotopic (exact) mass is 419 g/mol. The molecule has 8 nitrogen and oxygen atoms in total. The van der Waals surface area contributed by atoms with Gasteiger partial charge in [-0.1, -0.05) is 18.6 Å². The van der Waals surface area contributed by atoms with Gasteiger partial charge in [0.2, 0.25) is 17.7 Å². The van der Waals surface area contributed by atoms with Crippen LogP contribution >= 0.6 is 0 Å². The summed E-state index contributed by atoms with van der Waals surface area (Å²) in [5.41, 5.74) is 0.868. The minimum Gasteiger partial charge on any atom is -0.497 e. The van der Waals surface area contributed by atoms with Crippen molar-refractivity contribution in [2.45, 2.75) is 38.1 Å². The molecular formula is C22H33N3O5. The topological polar surface area (TPSA) is 97.0 Å². The summed E-state index contributed by atoms with van der Waals surface area (Å²) >= 11 is 0. The van der Waals surface area contributed by atoms with Gasteiger partial charge in [0, 0.05) is 45.6 Å². The Morgan fingerprint density at radius 3 is 2.77 bits per heavy atom. The van der Waals surface area contributed by atoms with Gasteiger partial charge in [-0.25, -0.2) is 0 Å². The van der Waals surface area contributed by atoms with E-state index in [1.165, 1.54) is 0 Å². The molecule has 2 atom stereocenters. The number of benzene rings is 1. The van der Waals surface area contributed by atoms with E-state index in [1.54, 1.807) is 26.2 Å². The molecule has 2 N–H and O–H groups in total. The van der Waals surface area contributed by atoms with Crippen molar-refractivity contribution in [2.24, 2.45) is 5.92 Å². The molecule has 30 heavy (non-hydrogen) atoms. The number of hydrogen-bond donors (Lipinski definition) is 2. The largest absolute Gasteiger partial charge is 0.497 e. The summed E-state index contributed by atoms with van der Waals surface area (Å²) in [6, 6.07) is 7.26. The summed E-state index contributed by atoms with van der Waals surface area (Å²) in [5, 5.41) is 5.87. The number of carbonyl (C=O) groups is 3. The average Bonchev–Trinajstić information content (AvgIpc) is 2.78. The van der Waals surface area contributed by atoms with Crippen molar-refractivity contribution in [3.05, 3.63) is 29.8 Å². The summed E-state index contributed by atoms with van der Waals surface area (Å²) < 4.78 is 10.2. The minimum absolute atomic E-state index is 0.0872. The van der Waals surface area contributed by atoms with Crippen LogP contribution in [0.25, 0.3) is 0 Å². The molecule has 0 radical (unpaired) electrons. The zero-order chi connectivity index (χ0) is 21.9. The Hall–Kier alpha value is -2.61. The van der Waals surface area contributed by atoms with Crippen LogP contribution in [-0.2, 0) is 25.5 Å². The zero-order valence-corrected chi connectivity index (χ0v) is 18.1. The molecule has 0 spiro atoms. The van der Waals surface area contributed by atoms with E-state index in [0.717, 1.165) is 12.0 Å². The molecule has 8 heteroatoms. The smallest absolute Gasteiger partial charge is 0.224 e. The summed E-state index contributed by atoms with van der Waals surface area (Å²) in [6.45, 7) is 1.30. The predicted octanol–water partition coefficient (Wildman–Crippen LogP) is 1.13. The first-order chi connectivity index (χ1) is 14.4. The Morgan fingerprint density at radius 2 is 2.03 bits per heavy atom. The van der Waals surface area contributed by atoms with Crippen LogP contribution in [0.1, 0.15) is 31.2 Å². The lowest BCUT2D eigenvalue weighted by Crippen LogP contribution is -2.44. The minimum atomic E-state index is -0.358. The fraction of sp³-hybridized carbons (Fsp3) is 0.591. The molecule has 1 saturated heterocycles. The van der Waals surface area contributed by atoms with Gasteiger partial charge in [0.1, 0.15) is 5.75 Å². The maximum atomic E-state index is 12.6. The second-order valence-corrected chi connectivity index (χ2v) is 7.68. The predicted molar refractivity (Wildman–Crippen MR) is 113 cm³/mol. The third kappa shape index (κ3) is 7.67. The Labute approximate surface area is 178 Å². The fourth-order valence-electron chi connectivity index (χ4n) is 3.61. The van der Waals surface area contributed by atoms with Crippen LogP contribution in [0.15, 0.2) is 24.3 Å². The highest BCUT2D eigenvalue weighted by Crippen LogP contribution is 2.19. The van der Waals surface area contributed by atoms with Crippen molar-refractivity contribution in [3.8, 4) is 5.75 Å². The van der Waals surface area contributed by atoms with Crippen LogP contribution < -0.4 is 15.4 Å². The first kappa shape index (κ1) is 23.7. The molecule has 2 rings (SSSR count). The molecule has 1 fully saturated rings. The maximum absolute atomic E-state index is 12.6. The Morgan fingerprint density at radius 1 is 1.23 bits per heavy atom. The van der Waals surface area contributed by atoms with E-state index in [0.29, 0.717) is 38.3 Å². The van der Waals surface area contributed by atoms with E-state index < -0.39 is 0 Å². The van der Waals surface area contributed by atoms with Crippen LogP contribution in [0.2, 0.25) is 0 Å². The Bertz CT molecular complexity index is 724. The van der Waals surface area contributed by atoms with Crippen molar-refractivity contribution >= 4 is 17.7 Å². The number of carbonyl (C=O) groups excluding carboxylic acids is 3. The molecule has 0 aliphatic carbocycles. The van der Waals surface area contributed by atoms with E-state index in [-0.39, 0.29) is 42.5 Å². The van der Waals surface area contributed by atoms with Crippen LogP contribution in [-0.4, -0.2) is 69.6 Å². The molecule has 1 aromatic carbocycles. The summed E-state index contributed by atoms with van der Waals surface area (Å²) in [4.78, 5) is 39.1. The molecule has 1 aromatic rings. The Kier molecular flexibility index (Phi) is 9.60. The third-order valence-electron chi connectivity index (χ3n) is 5.29. The molecular weight excluding hydrogens is 386 g/mol. The quantitative estimate of drug-likeness (QED) is 0.616. The highest BCUT2D eigenvalue weighted by atomic mass is 16.5. The summed E-state index contributed by atoms with van der Waals surface area (Å²) in [6.07, 6.45) is 2.51. The number of rotatable bonds is 8. The lowest BCUT2D eigenvalue weighted by atomic mass is 9.96. The normalized spacial score (nSPS) is 20.0. The number of ether oxygens (including phenoxy) is 2. The molecule has 1 aliphatic heterocycles. The molecule has 0 aromatic heterocycles. The average molecular weight is 420 g/mol. The standard InChI is InChI=1S/C22H33N3O5/c1-25-15-18(24-20(26)13-16-6-4-9-19(12-16)30-3)8-5-7-17(14-21(25)27)22(28)23-10-11-29-2/h4,6,9,12,17-18H,5,7-8,10-11,13-15H2,1-3H3,(H,23,28)(H,24,26). The van der Waals surface area contributed by atoms with Crippen LogP contribution in [0, 0.1) is 5.92 Å². The van der Waals surface area contributed by atoms with Gasteiger partial charge in [0.25, 0.3) is 0 Å². The SMILES string of the molecule is COCCNC(=O)C1CCCC(NC(=O)Cc2cccc(OC)c2)CN(C)C(=O)C1. The number of nitrogens with one attached hydrogen (secondary N) is 2. The lowest BCUT2D eigenvalue weighted by molar-refractivity contribution is -0.135. The van der Waals surface area contributed by atoms with Gasteiger partial charge in [-0.15, -0.1) is 0 Å². The van der Waals surface area contributed by atoms with Gasteiger partial charge in [-0.2, -0.15) is 0 Å². The summed E-state index contributed by atoms with van der Waals surface area (Å²) in [5.74, 6) is 0.0540. The highest BCUT2D eigenvalue weighted by molar-refractivity contribution is 5.86. The van der Waals surface area contributed by atoms with Crippen molar-refractivity contribution < 1.29 is 23.9 Å². The zero-order valence-electron chi connectivity index (χ0n) is 18.1. The van der Waals surface area contributed by atoms with E-state index in [1.807, 2.05) is 24.3 Å². The van der Waals surface area contributed by atoms with E-state index in [9.17, 15) is 14.4 Å². The maximum Gasteiger partial charge on any atom is 0.224 e.